The fourth-order valence-electron chi connectivity index (χ4n) is 2.25. The molecule has 1 saturated carbocycles. The van der Waals surface area contributed by atoms with E-state index in [1.807, 2.05) is 29.9 Å². The summed E-state index contributed by atoms with van der Waals surface area (Å²) in [6, 6.07) is 5.82. The van der Waals surface area contributed by atoms with Crippen LogP contribution in [0.3, 0.4) is 0 Å². The van der Waals surface area contributed by atoms with Crippen molar-refractivity contribution < 1.29 is 9.47 Å². The molecule has 92 valence electrons. The van der Waals surface area contributed by atoms with Crippen LogP contribution >= 0.6 is 0 Å². The van der Waals surface area contributed by atoms with Crippen LogP contribution in [0.5, 0.6) is 11.5 Å². The van der Waals surface area contributed by atoms with Gasteiger partial charge in [-0.1, -0.05) is 0 Å². The van der Waals surface area contributed by atoms with E-state index >= 15 is 0 Å². The van der Waals surface area contributed by atoms with Gasteiger partial charge in [-0.15, -0.1) is 0 Å². The highest BCUT2D eigenvalue weighted by Crippen LogP contribution is 2.40. The molecular weight excluding hydrogens is 230 g/mol. The molecule has 1 aromatic heterocycles. The van der Waals surface area contributed by atoms with Crippen molar-refractivity contribution in [2.24, 2.45) is 7.05 Å². The van der Waals surface area contributed by atoms with Gasteiger partial charge in [-0.25, -0.2) is 4.98 Å². The van der Waals surface area contributed by atoms with Gasteiger partial charge < -0.3 is 9.47 Å². The van der Waals surface area contributed by atoms with Gasteiger partial charge in [0, 0.05) is 18.5 Å². The lowest BCUT2D eigenvalue weighted by atomic mass is 10.2. The molecule has 0 unspecified atom stereocenters. The number of aromatic nitrogens is 3. The monoisotopic (exact) mass is 243 g/mol. The zero-order chi connectivity index (χ0) is 12.1. The van der Waals surface area contributed by atoms with Gasteiger partial charge in [0.2, 0.25) is 6.79 Å². The van der Waals surface area contributed by atoms with Crippen LogP contribution < -0.4 is 9.47 Å². The molecule has 1 aromatic carbocycles. The van der Waals surface area contributed by atoms with E-state index in [-0.39, 0.29) is 0 Å². The van der Waals surface area contributed by atoms with Gasteiger partial charge in [-0.3, -0.25) is 4.68 Å². The maximum Gasteiger partial charge on any atom is 0.231 e. The molecule has 18 heavy (non-hydrogen) atoms. The predicted molar refractivity (Wildman–Crippen MR) is 64.5 cm³/mol. The van der Waals surface area contributed by atoms with E-state index in [4.69, 9.17) is 9.47 Å². The average molecular weight is 243 g/mol. The molecular formula is C13H13N3O2. The molecule has 0 bridgehead atoms. The average Bonchev–Trinajstić information content (AvgIpc) is 2.98. The molecule has 0 saturated heterocycles. The molecule has 0 amide bonds. The topological polar surface area (TPSA) is 49.2 Å². The molecule has 1 aliphatic heterocycles. The Bertz CT molecular complexity index is 617. The lowest BCUT2D eigenvalue weighted by Crippen LogP contribution is -1.96. The molecule has 2 aliphatic rings. The molecule has 2 aromatic rings. The van der Waals surface area contributed by atoms with Gasteiger partial charge in [-0.2, -0.15) is 5.10 Å². The van der Waals surface area contributed by atoms with Gasteiger partial charge in [-0.05, 0) is 31.0 Å². The number of hydrogen-bond donors (Lipinski definition) is 0. The lowest BCUT2D eigenvalue weighted by Gasteiger charge is -1.98. The third-order valence-corrected chi connectivity index (χ3v) is 3.37. The predicted octanol–water partition coefficient (Wildman–Crippen LogP) is 2.09. The summed E-state index contributed by atoms with van der Waals surface area (Å²) >= 11 is 0. The van der Waals surface area contributed by atoms with E-state index < -0.39 is 0 Å². The molecule has 4 rings (SSSR count). The molecule has 2 heterocycles. The van der Waals surface area contributed by atoms with E-state index in [0.29, 0.717) is 12.7 Å². The molecule has 1 aliphatic carbocycles. The fraction of sp³-hybridized carbons (Fsp3) is 0.385. The van der Waals surface area contributed by atoms with Crippen molar-refractivity contribution in [1.29, 1.82) is 0 Å². The zero-order valence-electron chi connectivity index (χ0n) is 10.1. The van der Waals surface area contributed by atoms with Crippen molar-refractivity contribution in [1.82, 2.24) is 14.8 Å². The van der Waals surface area contributed by atoms with Crippen molar-refractivity contribution in [2.75, 3.05) is 6.79 Å². The minimum absolute atomic E-state index is 0.293. The summed E-state index contributed by atoms with van der Waals surface area (Å²) in [6.45, 7) is 0.293. The number of benzene rings is 1. The fourth-order valence-corrected chi connectivity index (χ4v) is 2.25. The number of ether oxygens (including phenoxy) is 2. The highest BCUT2D eigenvalue weighted by atomic mass is 16.7. The highest BCUT2D eigenvalue weighted by Gasteiger charge is 2.29. The summed E-state index contributed by atoms with van der Waals surface area (Å²) in [7, 11) is 1.96. The summed E-state index contributed by atoms with van der Waals surface area (Å²) in [5, 5.41) is 4.48. The van der Waals surface area contributed by atoms with Crippen LogP contribution in [0, 0.1) is 0 Å². The molecule has 0 spiro atoms. The smallest absolute Gasteiger partial charge is 0.231 e. The number of nitrogens with zero attached hydrogens (tertiary/aromatic N) is 3. The van der Waals surface area contributed by atoms with Crippen LogP contribution in [0.15, 0.2) is 18.2 Å². The Hall–Kier alpha value is -2.04. The Morgan fingerprint density at radius 3 is 2.89 bits per heavy atom. The third-order valence-electron chi connectivity index (χ3n) is 3.37. The maximum absolute atomic E-state index is 5.37. The first-order valence-corrected chi connectivity index (χ1v) is 6.12. The second-order valence-electron chi connectivity index (χ2n) is 4.76. The van der Waals surface area contributed by atoms with E-state index in [1.165, 1.54) is 12.8 Å². The van der Waals surface area contributed by atoms with Crippen molar-refractivity contribution in [2.45, 2.75) is 18.8 Å². The largest absolute Gasteiger partial charge is 0.454 e. The Morgan fingerprint density at radius 1 is 1.22 bits per heavy atom. The van der Waals surface area contributed by atoms with Gasteiger partial charge in [0.15, 0.2) is 17.3 Å². The summed E-state index contributed by atoms with van der Waals surface area (Å²) in [5.41, 5.74) is 0.974. The summed E-state index contributed by atoms with van der Waals surface area (Å²) in [5.74, 6) is 4.01. The van der Waals surface area contributed by atoms with Crippen LogP contribution in [0.4, 0.5) is 0 Å². The van der Waals surface area contributed by atoms with Gasteiger partial charge in [0.1, 0.15) is 5.82 Å². The van der Waals surface area contributed by atoms with Crippen LogP contribution in [-0.4, -0.2) is 21.6 Å². The molecule has 5 heteroatoms. The van der Waals surface area contributed by atoms with Crippen LogP contribution in [0.25, 0.3) is 11.4 Å². The highest BCUT2D eigenvalue weighted by molar-refractivity contribution is 5.61. The second kappa shape index (κ2) is 3.48. The van der Waals surface area contributed by atoms with Crippen molar-refractivity contribution >= 4 is 0 Å². The SMILES string of the molecule is Cn1nc(-c2ccc3c(c2)OCO3)nc1C1CC1. The first-order chi connectivity index (χ1) is 8.81. The summed E-state index contributed by atoms with van der Waals surface area (Å²) in [6.07, 6.45) is 2.46. The Morgan fingerprint density at radius 2 is 2.06 bits per heavy atom. The lowest BCUT2D eigenvalue weighted by molar-refractivity contribution is 0.174. The van der Waals surface area contributed by atoms with Crippen LogP contribution in [0.1, 0.15) is 24.6 Å². The van der Waals surface area contributed by atoms with Crippen LogP contribution in [-0.2, 0) is 7.05 Å². The normalized spacial score (nSPS) is 17.2. The molecule has 0 atom stereocenters. The Balaban J connectivity index is 1.75. The number of rotatable bonds is 2. The first kappa shape index (κ1) is 9.94. The van der Waals surface area contributed by atoms with Crippen molar-refractivity contribution in [3.8, 4) is 22.9 Å². The summed E-state index contributed by atoms with van der Waals surface area (Å²) < 4.78 is 12.6. The van der Waals surface area contributed by atoms with Crippen LogP contribution in [0.2, 0.25) is 0 Å². The summed E-state index contributed by atoms with van der Waals surface area (Å²) in [4.78, 5) is 4.62. The van der Waals surface area contributed by atoms with E-state index in [2.05, 4.69) is 10.1 Å². The van der Waals surface area contributed by atoms with E-state index in [0.717, 1.165) is 28.7 Å². The van der Waals surface area contributed by atoms with Crippen molar-refractivity contribution in [3.63, 3.8) is 0 Å². The molecule has 0 radical (unpaired) electrons. The third kappa shape index (κ3) is 1.47. The maximum atomic E-state index is 5.37. The minimum atomic E-state index is 0.293. The Kier molecular flexibility index (Phi) is 1.92. The second-order valence-corrected chi connectivity index (χ2v) is 4.76. The Labute approximate surface area is 104 Å². The quantitative estimate of drug-likeness (QED) is 0.810. The zero-order valence-corrected chi connectivity index (χ0v) is 10.1. The van der Waals surface area contributed by atoms with E-state index in [9.17, 15) is 0 Å². The van der Waals surface area contributed by atoms with Crippen molar-refractivity contribution in [3.05, 3.63) is 24.0 Å². The standard InChI is InChI=1S/C13H13N3O2/c1-16-13(8-2-3-8)14-12(15-16)9-4-5-10-11(6-9)18-7-17-10/h4-6,8H,2-3,7H2,1H3. The molecule has 0 N–H and O–H groups in total. The first-order valence-electron chi connectivity index (χ1n) is 6.12. The molecule has 1 fully saturated rings. The number of fused-ring (bicyclic) bond motifs is 1. The van der Waals surface area contributed by atoms with Gasteiger partial charge in [0.05, 0.1) is 0 Å². The number of hydrogen-bond acceptors (Lipinski definition) is 4. The number of aryl methyl sites for hydroxylation is 1. The van der Waals surface area contributed by atoms with Gasteiger partial charge >= 0.3 is 0 Å². The van der Waals surface area contributed by atoms with E-state index in [1.54, 1.807) is 0 Å². The minimum Gasteiger partial charge on any atom is -0.454 e. The molecule has 5 nitrogen and oxygen atoms in total. The van der Waals surface area contributed by atoms with Gasteiger partial charge in [0.25, 0.3) is 0 Å².